The Labute approximate surface area is 85.5 Å². The molecule has 2 nitrogen and oxygen atoms in total. The van der Waals surface area contributed by atoms with E-state index in [-0.39, 0.29) is 5.91 Å². The lowest BCUT2D eigenvalue weighted by Gasteiger charge is -2.10. The van der Waals surface area contributed by atoms with Crippen molar-refractivity contribution in [1.29, 1.82) is 0 Å². The molecule has 14 heavy (non-hydrogen) atoms. The van der Waals surface area contributed by atoms with Crippen molar-refractivity contribution in [2.75, 3.05) is 0 Å². The van der Waals surface area contributed by atoms with Gasteiger partial charge in [0.05, 0.1) is 0 Å². The summed E-state index contributed by atoms with van der Waals surface area (Å²) in [6.45, 7) is 7.18. The van der Waals surface area contributed by atoms with E-state index in [1.54, 1.807) is 6.92 Å². The SMILES string of the molecule is CC.CC(=O)N1Cc2ccccc2C1. The van der Waals surface area contributed by atoms with Crippen LogP contribution in [0.15, 0.2) is 24.3 Å². The molecule has 0 fully saturated rings. The third-order valence-corrected chi connectivity index (χ3v) is 2.29. The zero-order valence-corrected chi connectivity index (χ0v) is 9.08. The van der Waals surface area contributed by atoms with Crippen molar-refractivity contribution >= 4 is 5.91 Å². The average molecular weight is 191 g/mol. The highest BCUT2D eigenvalue weighted by Gasteiger charge is 2.19. The summed E-state index contributed by atoms with van der Waals surface area (Å²) in [4.78, 5) is 12.9. The van der Waals surface area contributed by atoms with Gasteiger partial charge < -0.3 is 4.90 Å². The lowest BCUT2D eigenvalue weighted by molar-refractivity contribution is -0.129. The van der Waals surface area contributed by atoms with Gasteiger partial charge in [-0.15, -0.1) is 0 Å². The number of benzene rings is 1. The monoisotopic (exact) mass is 191 g/mol. The molecule has 76 valence electrons. The van der Waals surface area contributed by atoms with Gasteiger partial charge in [0.25, 0.3) is 0 Å². The number of nitrogens with zero attached hydrogens (tertiary/aromatic N) is 1. The molecule has 1 aromatic rings. The highest BCUT2D eigenvalue weighted by Crippen LogP contribution is 2.21. The lowest BCUT2D eigenvalue weighted by Crippen LogP contribution is -2.21. The molecule has 2 heteroatoms. The summed E-state index contributed by atoms with van der Waals surface area (Å²) in [5.74, 6) is 0.159. The van der Waals surface area contributed by atoms with E-state index in [2.05, 4.69) is 12.1 Å². The first kappa shape index (κ1) is 10.8. The second-order valence-corrected chi connectivity index (χ2v) is 3.14. The molecule has 1 aliphatic heterocycles. The zero-order valence-electron chi connectivity index (χ0n) is 9.08. The summed E-state index contributed by atoms with van der Waals surface area (Å²) in [6.07, 6.45) is 0. The number of hydrogen-bond donors (Lipinski definition) is 0. The first-order valence-electron chi connectivity index (χ1n) is 5.09. The molecule has 2 rings (SSSR count). The molecule has 0 unspecified atom stereocenters. The molecule has 0 saturated heterocycles. The van der Waals surface area contributed by atoms with Crippen LogP contribution in [0.1, 0.15) is 31.9 Å². The van der Waals surface area contributed by atoms with Crippen LogP contribution >= 0.6 is 0 Å². The van der Waals surface area contributed by atoms with Crippen LogP contribution in [-0.4, -0.2) is 10.8 Å². The molecule has 0 spiro atoms. The molecular formula is C12H17NO. The normalized spacial score (nSPS) is 12.9. The van der Waals surface area contributed by atoms with Gasteiger partial charge in [0, 0.05) is 20.0 Å². The van der Waals surface area contributed by atoms with Gasteiger partial charge in [0.1, 0.15) is 0 Å². The quantitative estimate of drug-likeness (QED) is 0.617. The molecular weight excluding hydrogens is 174 g/mol. The minimum absolute atomic E-state index is 0.159. The lowest BCUT2D eigenvalue weighted by atomic mass is 10.1. The Balaban J connectivity index is 0.000000461. The predicted octanol–water partition coefficient (Wildman–Crippen LogP) is 2.57. The fraction of sp³-hybridized carbons (Fsp3) is 0.417. The Morgan fingerprint density at radius 1 is 1.14 bits per heavy atom. The van der Waals surface area contributed by atoms with Crippen LogP contribution in [0.2, 0.25) is 0 Å². The number of rotatable bonds is 0. The second kappa shape index (κ2) is 4.80. The molecule has 0 radical (unpaired) electrons. The maximum absolute atomic E-state index is 11.0. The van der Waals surface area contributed by atoms with Gasteiger partial charge in [-0.05, 0) is 11.1 Å². The van der Waals surface area contributed by atoms with E-state index in [9.17, 15) is 4.79 Å². The van der Waals surface area contributed by atoms with Crippen LogP contribution in [0.4, 0.5) is 0 Å². The molecule has 0 aliphatic carbocycles. The van der Waals surface area contributed by atoms with Crippen molar-refractivity contribution in [3.63, 3.8) is 0 Å². The highest BCUT2D eigenvalue weighted by molar-refractivity contribution is 5.74. The van der Waals surface area contributed by atoms with Crippen molar-refractivity contribution in [3.05, 3.63) is 35.4 Å². The number of carbonyl (C=O) groups excluding carboxylic acids is 1. The van der Waals surface area contributed by atoms with Crippen LogP contribution in [0.25, 0.3) is 0 Å². The van der Waals surface area contributed by atoms with Gasteiger partial charge in [-0.1, -0.05) is 38.1 Å². The van der Waals surface area contributed by atoms with E-state index in [0.29, 0.717) is 0 Å². The minimum Gasteiger partial charge on any atom is -0.334 e. The fourth-order valence-corrected chi connectivity index (χ4v) is 1.56. The van der Waals surface area contributed by atoms with Crippen LogP contribution < -0.4 is 0 Å². The van der Waals surface area contributed by atoms with Gasteiger partial charge in [0.2, 0.25) is 5.91 Å². The Morgan fingerprint density at radius 2 is 1.57 bits per heavy atom. The highest BCUT2D eigenvalue weighted by atomic mass is 16.2. The van der Waals surface area contributed by atoms with Gasteiger partial charge in [0.15, 0.2) is 0 Å². The molecule has 0 N–H and O–H groups in total. The van der Waals surface area contributed by atoms with Crippen LogP contribution in [0.3, 0.4) is 0 Å². The molecule has 0 atom stereocenters. The maximum atomic E-state index is 11.0. The van der Waals surface area contributed by atoms with Crippen molar-refractivity contribution < 1.29 is 4.79 Å². The number of fused-ring (bicyclic) bond motifs is 1. The summed E-state index contributed by atoms with van der Waals surface area (Å²) >= 11 is 0. The molecule has 1 amide bonds. The van der Waals surface area contributed by atoms with E-state index >= 15 is 0 Å². The molecule has 1 heterocycles. The molecule has 0 aromatic heterocycles. The molecule has 1 aromatic carbocycles. The van der Waals surface area contributed by atoms with E-state index in [4.69, 9.17) is 0 Å². The molecule has 1 aliphatic rings. The van der Waals surface area contributed by atoms with E-state index in [1.165, 1.54) is 11.1 Å². The summed E-state index contributed by atoms with van der Waals surface area (Å²) in [5.41, 5.74) is 2.57. The Bertz CT molecular complexity index is 295. The predicted molar refractivity (Wildman–Crippen MR) is 57.7 cm³/mol. The Morgan fingerprint density at radius 3 is 1.93 bits per heavy atom. The Hall–Kier alpha value is -1.31. The van der Waals surface area contributed by atoms with Crippen molar-refractivity contribution in [2.24, 2.45) is 0 Å². The van der Waals surface area contributed by atoms with Crippen LogP contribution in [-0.2, 0) is 17.9 Å². The van der Waals surface area contributed by atoms with E-state index in [1.807, 2.05) is 30.9 Å². The second-order valence-electron chi connectivity index (χ2n) is 3.14. The standard InChI is InChI=1S/C10H11NO.C2H6/c1-8(12)11-6-9-4-2-3-5-10(9)7-11;1-2/h2-5H,6-7H2,1H3;1-2H3. The largest absolute Gasteiger partial charge is 0.334 e. The van der Waals surface area contributed by atoms with Crippen molar-refractivity contribution in [3.8, 4) is 0 Å². The van der Waals surface area contributed by atoms with E-state index < -0.39 is 0 Å². The van der Waals surface area contributed by atoms with Crippen molar-refractivity contribution in [1.82, 2.24) is 4.90 Å². The number of carbonyl (C=O) groups is 1. The Kier molecular flexibility index (Phi) is 3.69. The van der Waals surface area contributed by atoms with Gasteiger partial charge >= 0.3 is 0 Å². The maximum Gasteiger partial charge on any atom is 0.220 e. The molecule has 0 saturated carbocycles. The third-order valence-electron chi connectivity index (χ3n) is 2.29. The van der Waals surface area contributed by atoms with Crippen molar-refractivity contribution in [2.45, 2.75) is 33.9 Å². The minimum atomic E-state index is 0.159. The van der Waals surface area contributed by atoms with Gasteiger partial charge in [-0.2, -0.15) is 0 Å². The first-order valence-corrected chi connectivity index (χ1v) is 5.09. The van der Waals surface area contributed by atoms with Crippen LogP contribution in [0, 0.1) is 0 Å². The number of hydrogen-bond acceptors (Lipinski definition) is 1. The summed E-state index contributed by atoms with van der Waals surface area (Å²) in [5, 5.41) is 0. The fourth-order valence-electron chi connectivity index (χ4n) is 1.56. The number of amides is 1. The third kappa shape index (κ3) is 2.13. The smallest absolute Gasteiger partial charge is 0.220 e. The molecule has 0 bridgehead atoms. The van der Waals surface area contributed by atoms with Gasteiger partial charge in [-0.25, -0.2) is 0 Å². The topological polar surface area (TPSA) is 20.3 Å². The summed E-state index contributed by atoms with van der Waals surface area (Å²) in [7, 11) is 0. The van der Waals surface area contributed by atoms with E-state index in [0.717, 1.165) is 13.1 Å². The first-order chi connectivity index (χ1) is 6.77. The summed E-state index contributed by atoms with van der Waals surface area (Å²) in [6, 6.07) is 8.20. The zero-order chi connectivity index (χ0) is 10.6. The van der Waals surface area contributed by atoms with Crippen LogP contribution in [0.5, 0.6) is 0 Å². The summed E-state index contributed by atoms with van der Waals surface area (Å²) < 4.78 is 0. The van der Waals surface area contributed by atoms with Gasteiger partial charge in [-0.3, -0.25) is 4.79 Å². The average Bonchev–Trinajstić information content (AvgIpc) is 2.64.